The number of guanidine groups is 1. The molecule has 2 aliphatic heterocycles. The molecule has 2 rings (SSSR count). The molecule has 0 saturated carbocycles. The molecule has 0 amide bonds. The van der Waals surface area contributed by atoms with Crippen LogP contribution in [-0.4, -0.2) is 82.0 Å². The van der Waals surface area contributed by atoms with E-state index in [-0.39, 0.29) is 19.0 Å². The first kappa shape index (κ1) is 23.2. The molecule has 0 radical (unpaired) electrons. The monoisotopic (exact) mass is 427 g/mol. The van der Waals surface area contributed by atoms with Gasteiger partial charge in [0.05, 0.1) is 0 Å². The van der Waals surface area contributed by atoms with E-state index in [4.69, 9.17) is 0 Å². The summed E-state index contributed by atoms with van der Waals surface area (Å²) in [5.41, 5.74) is -5.22. The molecular weight excluding hydrogens is 395 g/mol. The lowest BCUT2D eigenvalue weighted by molar-refractivity contribution is -0.0496. The highest BCUT2D eigenvalue weighted by Gasteiger charge is 2.50. The Bertz CT molecular complexity index is 596. The van der Waals surface area contributed by atoms with Gasteiger partial charge in [-0.2, -0.15) is 17.5 Å². The predicted molar refractivity (Wildman–Crippen MR) is 104 cm³/mol. The summed E-state index contributed by atoms with van der Waals surface area (Å²) in [4.78, 5) is 6.63. The number of sulfonamides is 1. The minimum absolute atomic E-state index is 0.102. The standard InChI is InChI=1S/C17H32F3N5O2S/c1-21-16(22-8-13-24-9-4-2-3-5-10-24)23-14-15-6-11-25(12-7-15)28(26,27)17(18,19)20/h15H,2-14H2,1H3,(H2,21,22,23). The molecule has 2 heterocycles. The predicted octanol–water partition coefficient (Wildman–Crippen LogP) is 1.59. The zero-order valence-electron chi connectivity index (χ0n) is 16.5. The van der Waals surface area contributed by atoms with E-state index in [9.17, 15) is 21.6 Å². The molecule has 2 N–H and O–H groups in total. The Hall–Kier alpha value is -1.07. The number of aliphatic imine (C=N–C) groups is 1. The Balaban J connectivity index is 1.67. The van der Waals surface area contributed by atoms with Crippen molar-refractivity contribution in [1.82, 2.24) is 19.8 Å². The van der Waals surface area contributed by atoms with Gasteiger partial charge in [0.15, 0.2) is 5.96 Å². The van der Waals surface area contributed by atoms with E-state index >= 15 is 0 Å². The molecule has 0 aromatic carbocycles. The van der Waals surface area contributed by atoms with Crippen LogP contribution in [0, 0.1) is 5.92 Å². The summed E-state index contributed by atoms with van der Waals surface area (Å²) in [6, 6.07) is 0. The van der Waals surface area contributed by atoms with Gasteiger partial charge in [0.1, 0.15) is 0 Å². The molecule has 0 aromatic heterocycles. The van der Waals surface area contributed by atoms with Crippen molar-refractivity contribution >= 4 is 16.0 Å². The maximum atomic E-state index is 12.6. The van der Waals surface area contributed by atoms with Crippen LogP contribution < -0.4 is 10.6 Å². The summed E-state index contributed by atoms with van der Waals surface area (Å²) in [5, 5.41) is 6.48. The second kappa shape index (κ2) is 10.6. The van der Waals surface area contributed by atoms with Gasteiger partial charge >= 0.3 is 15.5 Å². The van der Waals surface area contributed by atoms with Crippen LogP contribution in [0.15, 0.2) is 4.99 Å². The normalized spacial score (nSPS) is 22.1. The fraction of sp³-hybridized carbons (Fsp3) is 0.941. The van der Waals surface area contributed by atoms with Crippen molar-refractivity contribution in [3.8, 4) is 0 Å². The Morgan fingerprint density at radius 2 is 1.64 bits per heavy atom. The van der Waals surface area contributed by atoms with Crippen molar-refractivity contribution in [2.45, 2.75) is 44.0 Å². The van der Waals surface area contributed by atoms with Crippen LogP contribution in [0.4, 0.5) is 13.2 Å². The summed E-state index contributed by atoms with van der Waals surface area (Å²) >= 11 is 0. The lowest BCUT2D eigenvalue weighted by atomic mass is 9.98. The lowest BCUT2D eigenvalue weighted by Crippen LogP contribution is -2.47. The second-order valence-corrected chi connectivity index (χ2v) is 9.36. The first-order valence-corrected chi connectivity index (χ1v) is 11.4. The highest BCUT2D eigenvalue weighted by molar-refractivity contribution is 7.90. The minimum atomic E-state index is -5.22. The molecule has 11 heteroatoms. The number of rotatable bonds is 6. The Morgan fingerprint density at radius 3 is 2.18 bits per heavy atom. The van der Waals surface area contributed by atoms with Gasteiger partial charge in [0.2, 0.25) is 0 Å². The van der Waals surface area contributed by atoms with Crippen LogP contribution in [0.1, 0.15) is 38.5 Å². The molecule has 0 spiro atoms. The van der Waals surface area contributed by atoms with Crippen molar-refractivity contribution in [1.29, 1.82) is 0 Å². The highest BCUT2D eigenvalue weighted by Crippen LogP contribution is 2.30. The molecule has 0 unspecified atom stereocenters. The van der Waals surface area contributed by atoms with Crippen molar-refractivity contribution in [3.63, 3.8) is 0 Å². The Morgan fingerprint density at radius 1 is 1.04 bits per heavy atom. The fourth-order valence-electron chi connectivity index (χ4n) is 3.65. The number of nitrogens with zero attached hydrogens (tertiary/aromatic N) is 3. The number of hydrogen-bond donors (Lipinski definition) is 2. The molecule has 0 aromatic rings. The van der Waals surface area contributed by atoms with Crippen LogP contribution in [0.25, 0.3) is 0 Å². The van der Waals surface area contributed by atoms with Crippen LogP contribution in [0.3, 0.4) is 0 Å². The van der Waals surface area contributed by atoms with E-state index in [2.05, 4.69) is 20.5 Å². The molecule has 2 aliphatic rings. The van der Waals surface area contributed by atoms with Crippen LogP contribution in [-0.2, 0) is 10.0 Å². The molecule has 0 aliphatic carbocycles. The number of likely N-dealkylation sites (tertiary alicyclic amines) is 1. The average Bonchev–Trinajstić information content (AvgIpc) is 2.93. The van der Waals surface area contributed by atoms with Crippen molar-refractivity contribution in [3.05, 3.63) is 0 Å². The summed E-state index contributed by atoms with van der Waals surface area (Å²) in [5.74, 6) is 0.781. The number of nitrogens with one attached hydrogen (secondary N) is 2. The van der Waals surface area contributed by atoms with Gasteiger partial charge in [-0.3, -0.25) is 4.99 Å². The minimum Gasteiger partial charge on any atom is -0.356 e. The van der Waals surface area contributed by atoms with Crippen LogP contribution in [0.5, 0.6) is 0 Å². The largest absolute Gasteiger partial charge is 0.511 e. The van der Waals surface area contributed by atoms with E-state index in [1.807, 2.05) is 0 Å². The molecule has 164 valence electrons. The Labute approximate surface area is 165 Å². The maximum Gasteiger partial charge on any atom is 0.511 e. The number of piperidine rings is 1. The smallest absolute Gasteiger partial charge is 0.356 e. The topological polar surface area (TPSA) is 77.0 Å². The van der Waals surface area contributed by atoms with Gasteiger partial charge in [0.25, 0.3) is 0 Å². The van der Waals surface area contributed by atoms with E-state index in [1.165, 1.54) is 25.7 Å². The lowest BCUT2D eigenvalue weighted by Gasteiger charge is -2.31. The summed E-state index contributed by atoms with van der Waals surface area (Å²) < 4.78 is 61.3. The molecule has 0 bridgehead atoms. The average molecular weight is 428 g/mol. The first-order chi connectivity index (χ1) is 13.2. The Kier molecular flexibility index (Phi) is 8.81. The molecule has 2 saturated heterocycles. The van der Waals surface area contributed by atoms with Gasteiger partial charge < -0.3 is 15.5 Å². The third-order valence-electron chi connectivity index (χ3n) is 5.41. The van der Waals surface area contributed by atoms with Gasteiger partial charge in [0, 0.05) is 39.8 Å². The van der Waals surface area contributed by atoms with E-state index in [0.717, 1.165) is 26.2 Å². The first-order valence-electron chi connectivity index (χ1n) is 9.97. The molecule has 7 nitrogen and oxygen atoms in total. The van der Waals surface area contributed by atoms with E-state index in [0.29, 0.717) is 29.7 Å². The van der Waals surface area contributed by atoms with Crippen molar-refractivity contribution in [2.24, 2.45) is 10.9 Å². The summed E-state index contributed by atoms with van der Waals surface area (Å²) in [6.07, 6.45) is 5.89. The van der Waals surface area contributed by atoms with Gasteiger partial charge in [-0.15, -0.1) is 0 Å². The zero-order chi connectivity index (χ0) is 20.6. The van der Waals surface area contributed by atoms with Crippen molar-refractivity contribution < 1.29 is 21.6 Å². The van der Waals surface area contributed by atoms with Gasteiger partial charge in [-0.25, -0.2) is 8.42 Å². The SMILES string of the molecule is CN=C(NCCN1CCCCCC1)NCC1CCN(S(=O)(=O)C(F)(F)F)CC1. The number of halogens is 3. The third kappa shape index (κ3) is 6.77. The van der Waals surface area contributed by atoms with Gasteiger partial charge in [-0.05, 0) is 44.7 Å². The molecular formula is C17H32F3N5O2S. The zero-order valence-corrected chi connectivity index (χ0v) is 17.3. The van der Waals surface area contributed by atoms with Gasteiger partial charge in [-0.1, -0.05) is 12.8 Å². The maximum absolute atomic E-state index is 12.6. The molecule has 0 atom stereocenters. The van der Waals surface area contributed by atoms with E-state index in [1.54, 1.807) is 7.05 Å². The van der Waals surface area contributed by atoms with Crippen LogP contribution >= 0.6 is 0 Å². The molecule has 2 fully saturated rings. The van der Waals surface area contributed by atoms with E-state index < -0.39 is 15.5 Å². The fourth-order valence-corrected chi connectivity index (χ4v) is 4.64. The molecule has 28 heavy (non-hydrogen) atoms. The summed E-state index contributed by atoms with van der Waals surface area (Å²) in [7, 11) is -3.53. The highest BCUT2D eigenvalue weighted by atomic mass is 32.2. The second-order valence-electron chi connectivity index (χ2n) is 7.43. The van der Waals surface area contributed by atoms with Crippen LogP contribution in [0.2, 0.25) is 0 Å². The quantitative estimate of drug-likeness (QED) is 0.497. The number of hydrogen-bond acceptors (Lipinski definition) is 4. The number of alkyl halides is 3. The van der Waals surface area contributed by atoms with Crippen molar-refractivity contribution in [2.75, 3.05) is 52.9 Å². The third-order valence-corrected chi connectivity index (χ3v) is 7.04. The summed E-state index contributed by atoms with van der Waals surface area (Å²) in [6.45, 7) is 4.35.